The summed E-state index contributed by atoms with van der Waals surface area (Å²) < 4.78 is 7.29. The second-order valence-corrected chi connectivity index (χ2v) is 8.36. The van der Waals surface area contributed by atoms with E-state index in [0.29, 0.717) is 22.6 Å². The second-order valence-electron chi connectivity index (χ2n) is 7.52. The van der Waals surface area contributed by atoms with E-state index in [1.807, 2.05) is 73.0 Å². The minimum Gasteiger partial charge on any atom is -0.484 e. The van der Waals surface area contributed by atoms with Crippen LogP contribution in [0.15, 0.2) is 66.0 Å². The third-order valence-corrected chi connectivity index (χ3v) is 5.57. The lowest BCUT2D eigenvalue weighted by Gasteiger charge is -2.10. The first kappa shape index (κ1) is 20.8. The fourth-order valence-corrected chi connectivity index (χ4v) is 3.91. The molecule has 0 aliphatic heterocycles. The molecule has 7 heteroatoms. The molecule has 0 radical (unpaired) electrons. The normalized spacial score (nSPS) is 11.0. The van der Waals surface area contributed by atoms with Gasteiger partial charge in [0.15, 0.2) is 6.61 Å². The number of carbonyl (C=O) groups is 1. The number of amides is 1. The van der Waals surface area contributed by atoms with Crippen LogP contribution in [0, 0.1) is 6.92 Å². The number of thiazole rings is 1. The third-order valence-electron chi connectivity index (χ3n) is 4.76. The Morgan fingerprint density at radius 1 is 1.13 bits per heavy atom. The summed E-state index contributed by atoms with van der Waals surface area (Å²) in [6, 6.07) is 19.6. The van der Waals surface area contributed by atoms with Crippen molar-refractivity contribution in [1.82, 2.24) is 14.8 Å². The van der Waals surface area contributed by atoms with Gasteiger partial charge in [-0.1, -0.05) is 56.3 Å². The predicted octanol–water partition coefficient (Wildman–Crippen LogP) is 5.45. The zero-order valence-corrected chi connectivity index (χ0v) is 18.5. The van der Waals surface area contributed by atoms with Gasteiger partial charge in [0.1, 0.15) is 11.6 Å². The summed E-state index contributed by atoms with van der Waals surface area (Å²) >= 11 is 1.47. The van der Waals surface area contributed by atoms with Gasteiger partial charge in [-0.3, -0.25) is 4.79 Å². The molecule has 0 spiro atoms. The lowest BCUT2D eigenvalue weighted by Crippen LogP contribution is -2.21. The fraction of sp³-hybridized carbons (Fsp3) is 0.208. The van der Waals surface area contributed by atoms with Crippen molar-refractivity contribution in [2.45, 2.75) is 26.7 Å². The number of rotatable bonds is 7. The third kappa shape index (κ3) is 5.00. The van der Waals surface area contributed by atoms with Crippen LogP contribution in [-0.2, 0) is 4.79 Å². The van der Waals surface area contributed by atoms with Crippen LogP contribution in [0.2, 0.25) is 0 Å². The number of hydrogen-bond acceptors (Lipinski definition) is 5. The van der Waals surface area contributed by atoms with Crippen LogP contribution >= 0.6 is 11.3 Å². The maximum atomic E-state index is 12.5. The van der Waals surface area contributed by atoms with Gasteiger partial charge < -0.3 is 10.1 Å². The van der Waals surface area contributed by atoms with Crippen molar-refractivity contribution in [3.8, 4) is 22.1 Å². The SMILES string of the molecule is Cc1cc(NC(=O)COc2ccc(C(C)C)cc2)n(-c2nc(-c3ccccc3)cs2)n1. The molecule has 4 aromatic rings. The topological polar surface area (TPSA) is 69.0 Å². The Morgan fingerprint density at radius 3 is 2.58 bits per heavy atom. The van der Waals surface area contributed by atoms with E-state index in [1.165, 1.54) is 16.9 Å². The summed E-state index contributed by atoms with van der Waals surface area (Å²) in [5.74, 6) is 1.43. The van der Waals surface area contributed by atoms with E-state index in [4.69, 9.17) is 4.74 Å². The standard InChI is InChI=1S/C24H24N4O2S/c1-16(2)18-9-11-20(12-10-18)30-14-23(29)26-22-13-17(3)27-28(22)24-25-21(15-31-24)19-7-5-4-6-8-19/h4-13,15-16H,14H2,1-3H3,(H,26,29). The summed E-state index contributed by atoms with van der Waals surface area (Å²) in [6.45, 7) is 6.07. The van der Waals surface area contributed by atoms with Crippen LogP contribution in [0.4, 0.5) is 5.82 Å². The van der Waals surface area contributed by atoms with Gasteiger partial charge in [0.25, 0.3) is 5.91 Å². The largest absolute Gasteiger partial charge is 0.484 e. The molecule has 0 atom stereocenters. The Morgan fingerprint density at radius 2 is 1.87 bits per heavy atom. The summed E-state index contributed by atoms with van der Waals surface area (Å²) in [6.07, 6.45) is 0. The summed E-state index contributed by atoms with van der Waals surface area (Å²) in [5, 5.41) is 10.0. The number of nitrogens with one attached hydrogen (secondary N) is 1. The van der Waals surface area contributed by atoms with Gasteiger partial charge in [0, 0.05) is 17.0 Å². The quantitative estimate of drug-likeness (QED) is 0.422. The van der Waals surface area contributed by atoms with Crippen LogP contribution in [-0.4, -0.2) is 27.3 Å². The molecule has 158 valence electrons. The van der Waals surface area contributed by atoms with Gasteiger partial charge in [0.05, 0.1) is 11.4 Å². The van der Waals surface area contributed by atoms with E-state index in [1.54, 1.807) is 4.68 Å². The van der Waals surface area contributed by atoms with E-state index < -0.39 is 0 Å². The maximum absolute atomic E-state index is 12.5. The first-order valence-electron chi connectivity index (χ1n) is 10.1. The van der Waals surface area contributed by atoms with Crippen LogP contribution in [0.3, 0.4) is 0 Å². The second kappa shape index (κ2) is 9.14. The van der Waals surface area contributed by atoms with Crippen molar-refractivity contribution < 1.29 is 9.53 Å². The monoisotopic (exact) mass is 432 g/mol. The average molecular weight is 433 g/mol. The van der Waals surface area contributed by atoms with E-state index >= 15 is 0 Å². The molecule has 1 amide bonds. The number of hydrogen-bond donors (Lipinski definition) is 1. The molecule has 0 aliphatic rings. The summed E-state index contributed by atoms with van der Waals surface area (Å²) in [5.41, 5.74) is 3.93. The molecule has 0 saturated heterocycles. The molecule has 0 unspecified atom stereocenters. The van der Waals surface area contributed by atoms with E-state index in [9.17, 15) is 4.79 Å². The van der Waals surface area contributed by atoms with Crippen molar-refractivity contribution in [3.05, 3.63) is 77.3 Å². The summed E-state index contributed by atoms with van der Waals surface area (Å²) in [4.78, 5) is 17.2. The molecule has 2 aromatic carbocycles. The summed E-state index contributed by atoms with van der Waals surface area (Å²) in [7, 11) is 0. The highest BCUT2D eigenvalue weighted by Crippen LogP contribution is 2.26. The lowest BCUT2D eigenvalue weighted by atomic mass is 10.0. The number of ether oxygens (including phenoxy) is 1. The smallest absolute Gasteiger partial charge is 0.263 e. The van der Waals surface area contributed by atoms with Crippen molar-refractivity contribution in [1.29, 1.82) is 0 Å². The van der Waals surface area contributed by atoms with Crippen LogP contribution in [0.5, 0.6) is 5.75 Å². The molecule has 0 saturated carbocycles. The van der Waals surface area contributed by atoms with Crippen molar-refractivity contribution in [2.24, 2.45) is 0 Å². The highest BCUT2D eigenvalue weighted by molar-refractivity contribution is 7.12. The zero-order valence-electron chi connectivity index (χ0n) is 17.7. The molecule has 4 rings (SSSR count). The molecule has 0 fully saturated rings. The van der Waals surface area contributed by atoms with Crippen molar-refractivity contribution in [2.75, 3.05) is 11.9 Å². The first-order chi connectivity index (χ1) is 15.0. The average Bonchev–Trinajstić information content (AvgIpc) is 3.40. The Kier molecular flexibility index (Phi) is 6.13. The minimum absolute atomic E-state index is 0.0849. The Balaban J connectivity index is 1.44. The highest BCUT2D eigenvalue weighted by atomic mass is 32.1. The highest BCUT2D eigenvalue weighted by Gasteiger charge is 2.15. The number of anilines is 1. The Labute approximate surface area is 185 Å². The van der Waals surface area contributed by atoms with Crippen LogP contribution in [0.1, 0.15) is 31.0 Å². The first-order valence-corrected chi connectivity index (χ1v) is 11.0. The predicted molar refractivity (Wildman–Crippen MR) is 124 cm³/mol. The molecule has 6 nitrogen and oxygen atoms in total. The molecule has 0 bridgehead atoms. The number of aryl methyl sites for hydroxylation is 1. The number of carbonyl (C=O) groups excluding carboxylic acids is 1. The molecule has 2 heterocycles. The molecule has 1 N–H and O–H groups in total. The maximum Gasteiger partial charge on any atom is 0.263 e. The van der Waals surface area contributed by atoms with Gasteiger partial charge in [0.2, 0.25) is 5.13 Å². The minimum atomic E-state index is -0.256. The zero-order chi connectivity index (χ0) is 21.8. The molecular weight excluding hydrogens is 408 g/mol. The van der Waals surface area contributed by atoms with Crippen molar-refractivity contribution >= 4 is 23.1 Å². The van der Waals surface area contributed by atoms with Gasteiger partial charge in [-0.05, 0) is 30.5 Å². The fourth-order valence-electron chi connectivity index (χ4n) is 3.11. The Hall–Kier alpha value is -3.45. The Bertz CT molecular complexity index is 1160. The number of aromatic nitrogens is 3. The van der Waals surface area contributed by atoms with Crippen LogP contribution in [0.25, 0.3) is 16.4 Å². The molecule has 2 aromatic heterocycles. The molecule has 0 aliphatic carbocycles. The molecule has 31 heavy (non-hydrogen) atoms. The number of nitrogens with zero attached hydrogens (tertiary/aromatic N) is 3. The van der Waals surface area contributed by atoms with E-state index in [2.05, 4.69) is 29.2 Å². The van der Waals surface area contributed by atoms with E-state index in [0.717, 1.165) is 17.0 Å². The van der Waals surface area contributed by atoms with Gasteiger partial charge >= 0.3 is 0 Å². The van der Waals surface area contributed by atoms with Gasteiger partial charge in [-0.15, -0.1) is 11.3 Å². The van der Waals surface area contributed by atoms with E-state index in [-0.39, 0.29) is 12.5 Å². The van der Waals surface area contributed by atoms with Gasteiger partial charge in [-0.2, -0.15) is 9.78 Å². The molecular formula is C24H24N4O2S. The number of benzene rings is 2. The van der Waals surface area contributed by atoms with Crippen LogP contribution < -0.4 is 10.1 Å². The van der Waals surface area contributed by atoms with Gasteiger partial charge in [-0.25, -0.2) is 4.98 Å². The van der Waals surface area contributed by atoms with Crippen molar-refractivity contribution in [3.63, 3.8) is 0 Å². The lowest BCUT2D eigenvalue weighted by molar-refractivity contribution is -0.118.